The number of aryl methyl sites for hydroxylation is 1. The second-order valence-corrected chi connectivity index (χ2v) is 11.8. The summed E-state index contributed by atoms with van der Waals surface area (Å²) < 4.78 is 2.00. The van der Waals surface area contributed by atoms with Crippen molar-refractivity contribution in [3.05, 3.63) is 125 Å². The van der Waals surface area contributed by atoms with E-state index in [4.69, 9.17) is 15.1 Å². The maximum atomic E-state index is 5.42. The van der Waals surface area contributed by atoms with Crippen LogP contribution < -0.4 is 0 Å². The zero-order valence-electron chi connectivity index (χ0n) is 26.0. The number of aliphatic imine (C=N–C) groups is 2. The van der Waals surface area contributed by atoms with Gasteiger partial charge in [0.2, 0.25) is 0 Å². The zero-order valence-corrected chi connectivity index (χ0v) is 26.0. The normalized spacial score (nSPS) is 12.5. The maximum absolute atomic E-state index is 5.42. The maximum Gasteiger partial charge on any atom is 0.161 e. The lowest BCUT2D eigenvalue weighted by Crippen LogP contribution is -2.15. The van der Waals surface area contributed by atoms with Crippen molar-refractivity contribution in [3.63, 3.8) is 0 Å². The van der Waals surface area contributed by atoms with Crippen molar-refractivity contribution in [2.75, 3.05) is 0 Å². The van der Waals surface area contributed by atoms with Gasteiger partial charge in [-0.1, -0.05) is 133 Å². The highest BCUT2D eigenvalue weighted by Crippen LogP contribution is 2.35. The molecule has 0 saturated carbocycles. The summed E-state index contributed by atoms with van der Waals surface area (Å²) in [6.45, 7) is 15.6. The zero-order chi connectivity index (χ0) is 29.8. The number of nitrogens with zero attached hydrogens (tertiary/aromatic N) is 4. The molecular formula is C38H42N4. The average Bonchev–Trinajstić information content (AvgIpc) is 3.36. The summed E-state index contributed by atoms with van der Waals surface area (Å²) in [5.74, 6) is 1.90. The van der Waals surface area contributed by atoms with Crippen molar-refractivity contribution in [2.24, 2.45) is 9.98 Å². The highest BCUT2D eigenvalue weighted by atomic mass is 15.3. The predicted molar refractivity (Wildman–Crippen MR) is 180 cm³/mol. The molecule has 4 aromatic carbocycles. The smallest absolute Gasteiger partial charge is 0.161 e. The summed E-state index contributed by atoms with van der Waals surface area (Å²) in [4.78, 5) is 10.5. The third kappa shape index (κ3) is 5.85. The first-order chi connectivity index (χ1) is 20.3. The monoisotopic (exact) mass is 554 g/mol. The lowest BCUT2D eigenvalue weighted by Gasteiger charge is -2.16. The van der Waals surface area contributed by atoms with Crippen LogP contribution in [0.15, 0.2) is 101 Å². The lowest BCUT2D eigenvalue weighted by molar-refractivity contribution is 0.835. The van der Waals surface area contributed by atoms with Gasteiger partial charge in [0.1, 0.15) is 5.69 Å². The van der Waals surface area contributed by atoms with E-state index in [2.05, 4.69) is 133 Å². The Morgan fingerprint density at radius 1 is 0.690 bits per heavy atom. The van der Waals surface area contributed by atoms with Crippen molar-refractivity contribution in [2.45, 2.75) is 72.6 Å². The SMILES string of the molecule is CCc1cccc(C(C)C)c1/N=C(/c1ccccc1)n1nc(/C=N/c2c(C(C)C)cccc2C(C)C)c2ccccc21. The Hall–Kier alpha value is -4.31. The summed E-state index contributed by atoms with van der Waals surface area (Å²) in [7, 11) is 0. The minimum absolute atomic E-state index is 0.348. The molecule has 0 spiro atoms. The fraction of sp³-hybridized carbons (Fsp3) is 0.289. The van der Waals surface area contributed by atoms with E-state index in [1.807, 2.05) is 17.0 Å². The van der Waals surface area contributed by atoms with Crippen LogP contribution in [0.2, 0.25) is 0 Å². The Bertz CT molecular complexity index is 1710. The van der Waals surface area contributed by atoms with Crippen molar-refractivity contribution in [3.8, 4) is 0 Å². The van der Waals surface area contributed by atoms with Gasteiger partial charge in [0.05, 0.1) is 23.1 Å². The molecule has 0 N–H and O–H groups in total. The van der Waals surface area contributed by atoms with E-state index in [1.165, 1.54) is 22.3 Å². The first kappa shape index (κ1) is 29.2. The van der Waals surface area contributed by atoms with Crippen molar-refractivity contribution < 1.29 is 0 Å². The first-order valence-corrected chi connectivity index (χ1v) is 15.2. The first-order valence-electron chi connectivity index (χ1n) is 15.2. The molecule has 0 atom stereocenters. The molecule has 0 amide bonds. The fourth-order valence-electron chi connectivity index (χ4n) is 5.56. The van der Waals surface area contributed by atoms with Crippen molar-refractivity contribution in [1.29, 1.82) is 0 Å². The second-order valence-electron chi connectivity index (χ2n) is 11.8. The summed E-state index contributed by atoms with van der Waals surface area (Å²) in [6.07, 6.45) is 2.85. The molecule has 5 aromatic rings. The van der Waals surface area contributed by atoms with Gasteiger partial charge in [-0.25, -0.2) is 9.67 Å². The minimum Gasteiger partial charge on any atom is -0.254 e. The third-order valence-corrected chi connectivity index (χ3v) is 7.88. The van der Waals surface area contributed by atoms with Crippen LogP contribution >= 0.6 is 0 Å². The fourth-order valence-corrected chi connectivity index (χ4v) is 5.56. The molecule has 214 valence electrons. The molecular weight excluding hydrogens is 512 g/mol. The van der Waals surface area contributed by atoms with Crippen LogP contribution in [-0.2, 0) is 6.42 Å². The van der Waals surface area contributed by atoms with Crippen LogP contribution in [0.5, 0.6) is 0 Å². The largest absolute Gasteiger partial charge is 0.254 e. The molecule has 0 aliphatic heterocycles. The van der Waals surface area contributed by atoms with Crippen LogP contribution in [0, 0.1) is 0 Å². The van der Waals surface area contributed by atoms with Gasteiger partial charge in [-0.15, -0.1) is 0 Å². The molecule has 0 aliphatic rings. The summed E-state index contributed by atoms with van der Waals surface area (Å²) in [6, 6.07) is 31.8. The Morgan fingerprint density at radius 3 is 1.88 bits per heavy atom. The van der Waals surface area contributed by atoms with Gasteiger partial charge in [-0.05, 0) is 52.5 Å². The second kappa shape index (κ2) is 12.7. The molecule has 0 saturated heterocycles. The quantitative estimate of drug-likeness (QED) is 0.139. The van der Waals surface area contributed by atoms with Gasteiger partial charge >= 0.3 is 0 Å². The Balaban J connectivity index is 1.75. The highest BCUT2D eigenvalue weighted by Gasteiger charge is 2.19. The topological polar surface area (TPSA) is 42.5 Å². The minimum atomic E-state index is 0.348. The Kier molecular flexibility index (Phi) is 8.82. The van der Waals surface area contributed by atoms with Gasteiger partial charge in [0.15, 0.2) is 5.84 Å². The number of para-hydroxylation sites is 3. The molecule has 1 heterocycles. The van der Waals surface area contributed by atoms with Crippen LogP contribution in [0.3, 0.4) is 0 Å². The third-order valence-electron chi connectivity index (χ3n) is 7.88. The molecule has 4 nitrogen and oxygen atoms in total. The molecule has 0 aliphatic carbocycles. The Labute approximate surface area is 250 Å². The van der Waals surface area contributed by atoms with Crippen LogP contribution in [0.4, 0.5) is 11.4 Å². The van der Waals surface area contributed by atoms with E-state index in [9.17, 15) is 0 Å². The lowest BCUT2D eigenvalue weighted by atomic mass is 9.93. The molecule has 0 unspecified atom stereocenters. The molecule has 4 heteroatoms. The average molecular weight is 555 g/mol. The molecule has 42 heavy (non-hydrogen) atoms. The number of rotatable bonds is 8. The van der Waals surface area contributed by atoms with E-state index in [0.29, 0.717) is 17.8 Å². The van der Waals surface area contributed by atoms with E-state index in [1.54, 1.807) is 0 Å². The van der Waals surface area contributed by atoms with Gasteiger partial charge in [-0.3, -0.25) is 4.99 Å². The number of fused-ring (bicyclic) bond motifs is 1. The van der Waals surface area contributed by atoms with Gasteiger partial charge in [0, 0.05) is 10.9 Å². The molecule has 0 bridgehead atoms. The number of hydrogen-bond donors (Lipinski definition) is 0. The van der Waals surface area contributed by atoms with E-state index in [0.717, 1.165) is 45.8 Å². The Morgan fingerprint density at radius 2 is 1.26 bits per heavy atom. The van der Waals surface area contributed by atoms with Crippen LogP contribution in [0.1, 0.15) is 99.7 Å². The number of benzene rings is 4. The van der Waals surface area contributed by atoms with Gasteiger partial charge in [0.25, 0.3) is 0 Å². The summed E-state index contributed by atoms with van der Waals surface area (Å²) in [5.41, 5.74) is 9.93. The number of hydrogen-bond acceptors (Lipinski definition) is 3. The number of aromatic nitrogens is 2. The van der Waals surface area contributed by atoms with Gasteiger partial charge < -0.3 is 0 Å². The molecule has 5 rings (SSSR count). The summed E-state index contributed by atoms with van der Waals surface area (Å²) in [5, 5.41) is 6.24. The predicted octanol–water partition coefficient (Wildman–Crippen LogP) is 10.3. The summed E-state index contributed by atoms with van der Waals surface area (Å²) >= 11 is 0. The van der Waals surface area contributed by atoms with Crippen LogP contribution in [-0.4, -0.2) is 21.8 Å². The van der Waals surface area contributed by atoms with Crippen LogP contribution in [0.25, 0.3) is 10.9 Å². The van der Waals surface area contributed by atoms with E-state index >= 15 is 0 Å². The molecule has 0 radical (unpaired) electrons. The van der Waals surface area contributed by atoms with Crippen molar-refractivity contribution >= 4 is 34.3 Å². The standard InChI is InChI=1S/C38H42N4/c1-8-28-18-14-20-30(25(2)3)36(28)40-38(29-16-10-9-11-17-29)42-35-23-13-12-19-33(35)34(41-42)24-39-37-31(26(4)5)21-15-22-32(37)27(6)7/h9-27H,8H2,1-7H3/b39-24+,40-38-. The van der Waals surface area contributed by atoms with E-state index in [-0.39, 0.29) is 0 Å². The van der Waals surface area contributed by atoms with Gasteiger partial charge in [-0.2, -0.15) is 5.10 Å². The highest BCUT2D eigenvalue weighted by molar-refractivity contribution is 6.09. The van der Waals surface area contributed by atoms with E-state index < -0.39 is 0 Å². The van der Waals surface area contributed by atoms with Crippen molar-refractivity contribution in [1.82, 2.24) is 9.78 Å². The molecule has 1 aromatic heterocycles. The molecule has 0 fully saturated rings.